The highest BCUT2D eigenvalue weighted by molar-refractivity contribution is 6.00. The lowest BCUT2D eigenvalue weighted by atomic mass is 10.0. The van der Waals surface area contributed by atoms with Gasteiger partial charge in [-0.3, -0.25) is 4.79 Å². The van der Waals surface area contributed by atoms with Crippen LogP contribution in [0.2, 0.25) is 0 Å². The van der Waals surface area contributed by atoms with Gasteiger partial charge < -0.3 is 0 Å². The molecule has 1 atom stereocenters. The number of carbonyl (C=O) groups excluding carboxylic acids is 1. The van der Waals surface area contributed by atoms with Crippen LogP contribution >= 0.6 is 0 Å². The second-order valence-corrected chi connectivity index (χ2v) is 3.55. The minimum atomic E-state index is 0.258. The second kappa shape index (κ2) is 3.17. The zero-order valence-corrected chi connectivity index (χ0v) is 7.66. The van der Waals surface area contributed by atoms with Crippen molar-refractivity contribution >= 4 is 11.9 Å². The summed E-state index contributed by atoms with van der Waals surface area (Å²) < 4.78 is 0. The number of allylic oxidation sites excluding steroid dienone is 1. The molecule has 1 aliphatic rings. The molecule has 66 valence electrons. The van der Waals surface area contributed by atoms with Gasteiger partial charge in [0.25, 0.3) is 0 Å². The van der Waals surface area contributed by atoms with Crippen LogP contribution in [-0.4, -0.2) is 5.78 Å². The van der Waals surface area contributed by atoms with Gasteiger partial charge in [-0.2, -0.15) is 0 Å². The third-order valence-electron chi connectivity index (χ3n) is 2.37. The molecule has 1 heteroatoms. The van der Waals surface area contributed by atoms with Crippen LogP contribution in [0.3, 0.4) is 0 Å². The quantitative estimate of drug-likeness (QED) is 0.588. The van der Waals surface area contributed by atoms with Crippen LogP contribution in [0.25, 0.3) is 6.08 Å². The zero-order chi connectivity index (χ0) is 9.26. The smallest absolute Gasteiger partial charge is 0.164 e. The first-order chi connectivity index (χ1) is 6.27. The maximum Gasteiger partial charge on any atom is 0.164 e. The first-order valence-corrected chi connectivity index (χ1v) is 4.58. The van der Waals surface area contributed by atoms with Crippen LogP contribution in [0, 0.1) is 5.92 Å². The number of Topliss-reactive ketones (excluding diaryl/α,β-unsaturated/α-hetero) is 1. The molecule has 0 bridgehead atoms. The average molecular weight is 172 g/mol. The van der Waals surface area contributed by atoms with Crippen LogP contribution in [0.4, 0.5) is 0 Å². The average Bonchev–Trinajstić information content (AvgIpc) is 2.27. The number of hydrogen-bond acceptors (Lipinski definition) is 1. The van der Waals surface area contributed by atoms with Crippen molar-refractivity contribution in [2.24, 2.45) is 5.92 Å². The fourth-order valence-electron chi connectivity index (χ4n) is 1.63. The molecule has 2 rings (SSSR count). The Kier molecular flexibility index (Phi) is 2.01. The third kappa shape index (κ3) is 1.55. The Balaban J connectivity index is 2.51. The lowest BCUT2D eigenvalue weighted by molar-refractivity contribution is 0.0973. The molecule has 0 saturated heterocycles. The Hall–Kier alpha value is -1.37. The molecule has 0 spiro atoms. The third-order valence-corrected chi connectivity index (χ3v) is 2.37. The second-order valence-electron chi connectivity index (χ2n) is 3.55. The van der Waals surface area contributed by atoms with E-state index in [0.29, 0.717) is 12.3 Å². The van der Waals surface area contributed by atoms with Gasteiger partial charge in [-0.1, -0.05) is 43.3 Å². The van der Waals surface area contributed by atoms with Crippen molar-refractivity contribution in [2.45, 2.75) is 13.3 Å². The summed E-state index contributed by atoms with van der Waals surface area (Å²) in [5.74, 6) is 0.619. The summed E-state index contributed by atoms with van der Waals surface area (Å²) in [5.41, 5.74) is 1.92. The number of ketones is 1. The molecule has 1 aromatic carbocycles. The van der Waals surface area contributed by atoms with Crippen molar-refractivity contribution in [2.75, 3.05) is 0 Å². The monoisotopic (exact) mass is 172 g/mol. The van der Waals surface area contributed by atoms with Crippen molar-refractivity contribution in [3.05, 3.63) is 41.5 Å². The fourth-order valence-corrected chi connectivity index (χ4v) is 1.63. The van der Waals surface area contributed by atoms with Gasteiger partial charge in [0.2, 0.25) is 0 Å². The molecule has 1 unspecified atom stereocenters. The minimum Gasteiger partial charge on any atom is -0.294 e. The van der Waals surface area contributed by atoms with E-state index in [1.54, 1.807) is 0 Å². The highest BCUT2D eigenvalue weighted by Crippen LogP contribution is 2.21. The predicted octanol–water partition coefficient (Wildman–Crippen LogP) is 2.92. The Morgan fingerprint density at radius 2 is 2.08 bits per heavy atom. The molecule has 1 nitrogen and oxygen atoms in total. The molecule has 13 heavy (non-hydrogen) atoms. The number of fused-ring (bicyclic) bond motifs is 1. The Labute approximate surface area is 78.1 Å². The summed E-state index contributed by atoms with van der Waals surface area (Å²) in [6.07, 6.45) is 4.78. The minimum absolute atomic E-state index is 0.258. The summed E-state index contributed by atoms with van der Waals surface area (Å²) in [4.78, 5) is 11.7. The molecule has 0 aromatic heterocycles. The molecule has 0 radical (unpaired) electrons. The van der Waals surface area contributed by atoms with Crippen molar-refractivity contribution in [1.82, 2.24) is 0 Å². The van der Waals surface area contributed by atoms with Gasteiger partial charge in [0.05, 0.1) is 0 Å². The van der Waals surface area contributed by atoms with Gasteiger partial charge in [0.1, 0.15) is 0 Å². The first-order valence-electron chi connectivity index (χ1n) is 4.58. The number of rotatable bonds is 0. The van der Waals surface area contributed by atoms with Crippen molar-refractivity contribution in [3.8, 4) is 0 Å². The molecule has 0 aliphatic heterocycles. The van der Waals surface area contributed by atoms with Crippen LogP contribution < -0.4 is 0 Å². The molecule has 0 amide bonds. The summed E-state index contributed by atoms with van der Waals surface area (Å²) in [7, 11) is 0. The first kappa shape index (κ1) is 8.24. The Morgan fingerprint density at radius 3 is 2.92 bits per heavy atom. The summed E-state index contributed by atoms with van der Waals surface area (Å²) >= 11 is 0. The van der Waals surface area contributed by atoms with E-state index in [0.717, 1.165) is 11.1 Å². The summed E-state index contributed by atoms with van der Waals surface area (Å²) in [6.45, 7) is 2.07. The molecular formula is C12H12O. The molecule has 1 aliphatic carbocycles. The zero-order valence-electron chi connectivity index (χ0n) is 7.66. The van der Waals surface area contributed by atoms with E-state index in [4.69, 9.17) is 0 Å². The van der Waals surface area contributed by atoms with Crippen LogP contribution in [0.1, 0.15) is 29.3 Å². The van der Waals surface area contributed by atoms with Gasteiger partial charge in [-0.05, 0) is 11.5 Å². The highest BCUT2D eigenvalue weighted by Gasteiger charge is 2.14. The SMILES string of the molecule is CC1C=Cc2ccccc2C(=O)C1. The van der Waals surface area contributed by atoms with Crippen LogP contribution in [0.15, 0.2) is 30.3 Å². The fraction of sp³-hybridized carbons (Fsp3) is 0.250. The van der Waals surface area contributed by atoms with E-state index < -0.39 is 0 Å². The van der Waals surface area contributed by atoms with Crippen LogP contribution in [0.5, 0.6) is 0 Å². The normalized spacial score (nSPS) is 21.0. The maximum atomic E-state index is 11.7. The maximum absolute atomic E-state index is 11.7. The van der Waals surface area contributed by atoms with E-state index >= 15 is 0 Å². The van der Waals surface area contributed by atoms with E-state index in [9.17, 15) is 4.79 Å². The summed E-state index contributed by atoms with van der Waals surface area (Å²) in [5, 5.41) is 0. The molecular weight excluding hydrogens is 160 g/mol. The molecule has 0 N–H and O–H groups in total. The van der Waals surface area contributed by atoms with E-state index in [1.807, 2.05) is 30.3 Å². The van der Waals surface area contributed by atoms with E-state index in [-0.39, 0.29) is 5.78 Å². The highest BCUT2D eigenvalue weighted by atomic mass is 16.1. The summed E-state index contributed by atoms with van der Waals surface area (Å²) in [6, 6.07) is 7.77. The lowest BCUT2D eigenvalue weighted by Gasteiger charge is -2.02. The van der Waals surface area contributed by atoms with Crippen molar-refractivity contribution < 1.29 is 4.79 Å². The number of carbonyl (C=O) groups is 1. The molecule has 0 heterocycles. The van der Waals surface area contributed by atoms with Gasteiger partial charge in [-0.25, -0.2) is 0 Å². The van der Waals surface area contributed by atoms with Gasteiger partial charge in [0.15, 0.2) is 5.78 Å². The van der Waals surface area contributed by atoms with Crippen molar-refractivity contribution in [3.63, 3.8) is 0 Å². The number of hydrogen-bond donors (Lipinski definition) is 0. The topological polar surface area (TPSA) is 17.1 Å². The van der Waals surface area contributed by atoms with Gasteiger partial charge >= 0.3 is 0 Å². The lowest BCUT2D eigenvalue weighted by Crippen LogP contribution is -2.02. The largest absolute Gasteiger partial charge is 0.294 e. The van der Waals surface area contributed by atoms with E-state index in [2.05, 4.69) is 13.0 Å². The van der Waals surface area contributed by atoms with Crippen LogP contribution in [-0.2, 0) is 0 Å². The Bertz CT molecular complexity index is 363. The van der Waals surface area contributed by atoms with E-state index in [1.165, 1.54) is 0 Å². The predicted molar refractivity (Wildman–Crippen MR) is 53.6 cm³/mol. The van der Waals surface area contributed by atoms with Gasteiger partial charge in [-0.15, -0.1) is 0 Å². The molecule has 1 aromatic rings. The number of benzene rings is 1. The van der Waals surface area contributed by atoms with Gasteiger partial charge in [0, 0.05) is 12.0 Å². The molecule has 0 saturated carbocycles. The standard InChI is InChI=1S/C12H12O/c1-9-6-7-10-4-2-3-5-11(10)12(13)8-9/h2-7,9H,8H2,1H3. The Morgan fingerprint density at radius 1 is 1.31 bits per heavy atom. The molecule has 0 fully saturated rings. The van der Waals surface area contributed by atoms with Crippen molar-refractivity contribution in [1.29, 1.82) is 0 Å².